The molecule has 0 spiro atoms. The predicted octanol–water partition coefficient (Wildman–Crippen LogP) is 3.15. The minimum Gasteiger partial charge on any atom is -0.465 e. The SMILES string of the molecule is C.CCCCOc1nc(N)c([N+](=O)[O-])c(=O)[nH]1.CCCCOc1nc(N)c([N+](=O)[O-])c(OS(=O)(=O)c2ccc(C)cc2)n1.O=[N+]([O-])O.[B]C. The maximum absolute atomic E-state index is 12.4. The van der Waals surface area contributed by atoms with Gasteiger partial charge in [0.15, 0.2) is 0 Å². The van der Waals surface area contributed by atoms with Crippen LogP contribution in [0.5, 0.6) is 17.9 Å². The van der Waals surface area contributed by atoms with Gasteiger partial charge < -0.3 is 30.3 Å². The van der Waals surface area contributed by atoms with Crippen LogP contribution in [0.2, 0.25) is 6.82 Å². The molecule has 0 aliphatic carbocycles. The van der Waals surface area contributed by atoms with E-state index < -0.39 is 59.5 Å². The van der Waals surface area contributed by atoms with Gasteiger partial charge in [-0.2, -0.15) is 23.4 Å². The van der Waals surface area contributed by atoms with E-state index in [-0.39, 0.29) is 30.9 Å². The topological polar surface area (TPSA) is 335 Å². The minimum atomic E-state index is -4.35. The third-order valence-corrected chi connectivity index (χ3v) is 6.31. The number of unbranched alkanes of at least 4 members (excludes halogenated alkanes) is 2. The van der Waals surface area contributed by atoms with Crippen molar-refractivity contribution in [3.63, 3.8) is 0 Å². The second kappa shape index (κ2) is 22.7. The van der Waals surface area contributed by atoms with Gasteiger partial charge in [-0.25, -0.2) is 0 Å². The van der Waals surface area contributed by atoms with Crippen molar-refractivity contribution < 1.29 is 42.2 Å². The van der Waals surface area contributed by atoms with Gasteiger partial charge in [-0.15, -0.1) is 10.1 Å². The smallest absolute Gasteiger partial charge is 0.375 e. The first-order valence-electron chi connectivity index (χ1n) is 13.6. The third kappa shape index (κ3) is 16.0. The lowest BCUT2D eigenvalue weighted by molar-refractivity contribution is -0.742. The van der Waals surface area contributed by atoms with E-state index in [0.29, 0.717) is 13.0 Å². The minimum absolute atomic E-state index is 0. The molecule has 2 heterocycles. The summed E-state index contributed by atoms with van der Waals surface area (Å²) in [5.74, 6) is -1.79. The third-order valence-electron chi connectivity index (χ3n) is 5.09. The highest BCUT2D eigenvalue weighted by molar-refractivity contribution is 7.87. The Labute approximate surface area is 281 Å². The van der Waals surface area contributed by atoms with Crippen molar-refractivity contribution in [1.29, 1.82) is 0 Å². The fourth-order valence-corrected chi connectivity index (χ4v) is 3.80. The zero-order valence-electron chi connectivity index (χ0n) is 26.2. The zero-order chi connectivity index (χ0) is 37.0. The maximum atomic E-state index is 12.4. The van der Waals surface area contributed by atoms with Crippen molar-refractivity contribution in [2.75, 3.05) is 24.7 Å². The lowest BCUT2D eigenvalue weighted by atomic mass is 10.2. The van der Waals surface area contributed by atoms with Gasteiger partial charge in [-0.1, -0.05) is 58.6 Å². The highest BCUT2D eigenvalue weighted by atomic mass is 32.2. The monoisotopic (exact) mass is 715 g/mol. The van der Waals surface area contributed by atoms with E-state index in [1.807, 2.05) is 13.8 Å². The number of H-pyrrole nitrogens is 1. The van der Waals surface area contributed by atoms with Crippen LogP contribution in [0, 0.1) is 37.3 Å². The van der Waals surface area contributed by atoms with Crippen molar-refractivity contribution in [2.24, 2.45) is 0 Å². The number of nitrogens with zero attached hydrogens (tertiary/aromatic N) is 6. The first-order valence-corrected chi connectivity index (χ1v) is 15.0. The molecule has 0 bridgehead atoms. The van der Waals surface area contributed by atoms with E-state index in [2.05, 4.69) is 27.8 Å². The van der Waals surface area contributed by atoms with E-state index in [4.69, 9.17) is 40.4 Å². The number of nitrogens with one attached hydrogen (secondary N) is 1. The Morgan fingerprint density at radius 2 is 1.35 bits per heavy atom. The molecule has 2 aromatic heterocycles. The Morgan fingerprint density at radius 1 is 0.878 bits per heavy atom. The molecule has 24 heteroatoms. The number of aryl methyl sites for hydroxylation is 1. The molecular weight excluding hydrogens is 677 g/mol. The molecule has 0 aliphatic rings. The number of anilines is 2. The van der Waals surface area contributed by atoms with Crippen LogP contribution in [-0.4, -0.2) is 69.6 Å². The molecule has 3 rings (SSSR count). The van der Waals surface area contributed by atoms with Crippen LogP contribution in [0.15, 0.2) is 34.0 Å². The molecule has 270 valence electrons. The standard InChI is InChI=1S/C15H18N4O6S.C8H12N4O4.CH3B.CH4.HNO3/c1-3-4-9-24-15-17-13(16)12(19(20)21)14(18-15)25-26(22,23)11-7-5-10(2)6-8-11;1-2-3-4-16-8-10-6(9)5(12(14)15)7(13)11-8;1-2;;2-1(3)4/h5-8H,3-4,9H2,1-2H3,(H2,16,17,18);2-4H2,1H3,(H3,9,10,11,13);1H3;1H4;(H,2,3,4). The summed E-state index contributed by atoms with van der Waals surface area (Å²) in [4.78, 5) is 52.4. The fraction of sp³-hybridized carbons (Fsp3) is 0.440. The van der Waals surface area contributed by atoms with E-state index in [1.165, 1.54) is 19.0 Å². The fourth-order valence-electron chi connectivity index (χ4n) is 2.91. The second-order valence-corrected chi connectivity index (χ2v) is 10.2. The van der Waals surface area contributed by atoms with Gasteiger partial charge in [0.2, 0.25) is 11.6 Å². The van der Waals surface area contributed by atoms with Crippen LogP contribution in [0.1, 0.15) is 52.5 Å². The van der Waals surface area contributed by atoms with Crippen LogP contribution < -0.4 is 30.7 Å². The summed E-state index contributed by atoms with van der Waals surface area (Å²) in [5.41, 5.74) is 9.15. The molecule has 0 fully saturated rings. The van der Waals surface area contributed by atoms with E-state index in [9.17, 15) is 33.4 Å². The average molecular weight is 716 g/mol. The van der Waals surface area contributed by atoms with E-state index >= 15 is 0 Å². The van der Waals surface area contributed by atoms with Crippen LogP contribution in [0.4, 0.5) is 23.0 Å². The number of aromatic amines is 1. The normalized spacial score (nSPS) is 9.80. The molecule has 0 saturated heterocycles. The number of nitro groups is 2. The highest BCUT2D eigenvalue weighted by Gasteiger charge is 2.30. The number of aromatic nitrogens is 4. The first-order chi connectivity index (χ1) is 22.5. The van der Waals surface area contributed by atoms with Crippen LogP contribution in [0.3, 0.4) is 0 Å². The van der Waals surface area contributed by atoms with Crippen molar-refractivity contribution >= 4 is 41.0 Å². The maximum Gasteiger partial charge on any atom is 0.375 e. The molecule has 0 saturated carbocycles. The lowest BCUT2D eigenvalue weighted by Gasteiger charge is -2.09. The number of nitrogens with two attached hydrogens (primary N) is 2. The summed E-state index contributed by atoms with van der Waals surface area (Å²) in [6, 6.07) is 5.38. The summed E-state index contributed by atoms with van der Waals surface area (Å²) in [7, 11) is 0.149. The second-order valence-electron chi connectivity index (χ2n) is 8.66. The van der Waals surface area contributed by atoms with Crippen molar-refractivity contribution in [3.8, 4) is 17.9 Å². The molecule has 0 atom stereocenters. The summed E-state index contributed by atoms with van der Waals surface area (Å²) >= 11 is 0. The summed E-state index contributed by atoms with van der Waals surface area (Å²) < 4.78 is 39.9. The Balaban J connectivity index is 0. The predicted molar refractivity (Wildman–Crippen MR) is 176 cm³/mol. The molecule has 0 unspecified atom stereocenters. The first kappa shape index (κ1) is 45.3. The number of benzene rings is 1. The largest absolute Gasteiger partial charge is 0.465 e. The van der Waals surface area contributed by atoms with Gasteiger partial charge in [0.05, 0.1) is 30.9 Å². The number of ether oxygens (including phenoxy) is 2. The molecule has 0 amide bonds. The molecule has 2 radical (unpaired) electrons. The van der Waals surface area contributed by atoms with Gasteiger partial charge in [0.1, 0.15) is 4.90 Å². The number of hydrogen-bond donors (Lipinski definition) is 4. The summed E-state index contributed by atoms with van der Waals surface area (Å²) in [6.07, 6.45) is 3.25. The Morgan fingerprint density at radius 3 is 1.80 bits per heavy atom. The molecule has 22 nitrogen and oxygen atoms in total. The van der Waals surface area contributed by atoms with Gasteiger partial charge in [0.25, 0.3) is 11.1 Å². The van der Waals surface area contributed by atoms with E-state index in [0.717, 1.165) is 24.8 Å². The Kier molecular flexibility index (Phi) is 21.0. The Hall–Kier alpha value is -5.81. The number of hydrogen-bond acceptors (Lipinski definition) is 17. The molecule has 0 aliphatic heterocycles. The van der Waals surface area contributed by atoms with Crippen LogP contribution in [0.25, 0.3) is 0 Å². The average Bonchev–Trinajstić information content (AvgIpc) is 2.98. The van der Waals surface area contributed by atoms with Gasteiger partial charge >= 0.3 is 38.9 Å². The van der Waals surface area contributed by atoms with E-state index in [1.54, 1.807) is 19.1 Å². The Bertz CT molecular complexity index is 1670. The van der Waals surface area contributed by atoms with Crippen molar-refractivity contribution in [2.45, 2.75) is 65.6 Å². The van der Waals surface area contributed by atoms with Crippen molar-refractivity contribution in [3.05, 3.63) is 70.5 Å². The number of rotatable bonds is 13. The van der Waals surface area contributed by atoms with Crippen molar-refractivity contribution in [1.82, 2.24) is 19.9 Å². The van der Waals surface area contributed by atoms with Crippen LogP contribution in [-0.2, 0) is 10.1 Å². The summed E-state index contributed by atoms with van der Waals surface area (Å²) in [6.45, 7) is 7.82. The molecular formula is C25H38BN9O13S. The molecule has 6 N–H and O–H groups in total. The highest BCUT2D eigenvalue weighted by Crippen LogP contribution is 2.33. The molecule has 3 aromatic rings. The summed E-state index contributed by atoms with van der Waals surface area (Å²) in [5, 5.41) is 35.3. The molecule has 1 aromatic carbocycles. The lowest BCUT2D eigenvalue weighted by Crippen LogP contribution is -2.17. The molecule has 49 heavy (non-hydrogen) atoms. The van der Waals surface area contributed by atoms with Crippen LogP contribution >= 0.6 is 0 Å². The van der Waals surface area contributed by atoms with Gasteiger partial charge in [-0.05, 0) is 31.9 Å². The quantitative estimate of drug-likeness (QED) is 0.0648. The van der Waals surface area contributed by atoms with Gasteiger partial charge in [0, 0.05) is 0 Å². The zero-order valence-corrected chi connectivity index (χ0v) is 27.0. The van der Waals surface area contributed by atoms with Gasteiger partial charge in [-0.3, -0.25) is 30.0 Å². The number of nitrogen functional groups attached to an aromatic ring is 2.